The van der Waals surface area contributed by atoms with Gasteiger partial charge in [0.2, 0.25) is 5.91 Å². The van der Waals surface area contributed by atoms with E-state index in [-0.39, 0.29) is 11.9 Å². The minimum atomic E-state index is -0.172. The van der Waals surface area contributed by atoms with Gasteiger partial charge in [0.25, 0.3) is 0 Å². The van der Waals surface area contributed by atoms with Crippen LogP contribution in [0.15, 0.2) is 30.3 Å². The van der Waals surface area contributed by atoms with Crippen LogP contribution in [-0.4, -0.2) is 37.7 Å². The van der Waals surface area contributed by atoms with Crippen LogP contribution in [0.25, 0.3) is 0 Å². The number of ether oxygens (including phenoxy) is 1. The fourth-order valence-corrected chi connectivity index (χ4v) is 2.98. The number of hydrogen-bond acceptors (Lipinski definition) is 3. The fraction of sp³-hybridized carbons (Fsp3) is 0.562. The van der Waals surface area contributed by atoms with Gasteiger partial charge in [0.1, 0.15) is 6.04 Å². The standard InChI is InChI=1S/C16H22N2O2/c1-20-10-9-16(7-8-16)11-18-12-17-14(15(18)19)13-5-3-2-4-6-13/h2-6,14,17H,7-12H2,1H3. The third-order valence-electron chi connectivity index (χ3n) is 4.50. The fourth-order valence-electron chi connectivity index (χ4n) is 2.98. The Bertz CT molecular complexity index is 471. The Morgan fingerprint density at radius 3 is 2.75 bits per heavy atom. The number of hydrogen-bond donors (Lipinski definition) is 1. The van der Waals surface area contributed by atoms with E-state index in [1.165, 1.54) is 12.8 Å². The predicted octanol–water partition coefficient (Wildman–Crippen LogP) is 1.93. The molecule has 1 saturated heterocycles. The molecule has 1 N–H and O–H groups in total. The van der Waals surface area contributed by atoms with Gasteiger partial charge in [-0.2, -0.15) is 0 Å². The summed E-state index contributed by atoms with van der Waals surface area (Å²) >= 11 is 0. The molecule has 2 aliphatic rings. The SMILES string of the molecule is COCCC1(CN2CNC(c3ccccc3)C2=O)CC1. The average molecular weight is 274 g/mol. The first-order valence-corrected chi connectivity index (χ1v) is 7.30. The van der Waals surface area contributed by atoms with Gasteiger partial charge < -0.3 is 9.64 Å². The summed E-state index contributed by atoms with van der Waals surface area (Å²) in [6.45, 7) is 2.32. The molecule has 1 amide bonds. The molecule has 4 nitrogen and oxygen atoms in total. The van der Waals surface area contributed by atoms with E-state index in [0.29, 0.717) is 12.1 Å². The molecule has 2 fully saturated rings. The van der Waals surface area contributed by atoms with Crippen LogP contribution >= 0.6 is 0 Å². The maximum Gasteiger partial charge on any atom is 0.245 e. The zero-order valence-electron chi connectivity index (χ0n) is 12.0. The van der Waals surface area contributed by atoms with Gasteiger partial charge >= 0.3 is 0 Å². The first kappa shape index (κ1) is 13.6. The first-order chi connectivity index (χ1) is 9.74. The van der Waals surface area contributed by atoms with Crippen LogP contribution in [-0.2, 0) is 9.53 Å². The number of amides is 1. The molecule has 1 aromatic rings. The largest absolute Gasteiger partial charge is 0.385 e. The normalized spacial score (nSPS) is 24.1. The molecule has 1 unspecified atom stereocenters. The lowest BCUT2D eigenvalue weighted by Crippen LogP contribution is -2.33. The third kappa shape index (κ3) is 2.72. The van der Waals surface area contributed by atoms with Crippen LogP contribution in [0, 0.1) is 5.41 Å². The summed E-state index contributed by atoms with van der Waals surface area (Å²) in [6, 6.07) is 9.79. The molecule has 1 heterocycles. The van der Waals surface area contributed by atoms with Crippen LogP contribution in [0.5, 0.6) is 0 Å². The van der Waals surface area contributed by atoms with Crippen molar-refractivity contribution in [3.63, 3.8) is 0 Å². The summed E-state index contributed by atoms with van der Waals surface area (Å²) in [5, 5.41) is 3.32. The van der Waals surface area contributed by atoms with E-state index in [4.69, 9.17) is 4.74 Å². The van der Waals surface area contributed by atoms with Crippen molar-refractivity contribution in [2.75, 3.05) is 26.9 Å². The molecule has 1 atom stereocenters. The summed E-state index contributed by atoms with van der Waals surface area (Å²) < 4.78 is 5.18. The smallest absolute Gasteiger partial charge is 0.245 e. The van der Waals surface area contributed by atoms with Crippen LogP contribution in [0.1, 0.15) is 30.9 Å². The predicted molar refractivity (Wildman–Crippen MR) is 77.1 cm³/mol. The third-order valence-corrected chi connectivity index (χ3v) is 4.50. The Morgan fingerprint density at radius 1 is 1.35 bits per heavy atom. The molecule has 20 heavy (non-hydrogen) atoms. The van der Waals surface area contributed by atoms with E-state index in [2.05, 4.69) is 5.32 Å². The minimum Gasteiger partial charge on any atom is -0.385 e. The number of benzene rings is 1. The lowest BCUT2D eigenvalue weighted by atomic mass is 10.0. The van der Waals surface area contributed by atoms with Crippen LogP contribution in [0.2, 0.25) is 0 Å². The van der Waals surface area contributed by atoms with E-state index in [9.17, 15) is 4.79 Å². The molecule has 0 radical (unpaired) electrons. The van der Waals surface area contributed by atoms with E-state index in [1.807, 2.05) is 35.2 Å². The highest BCUT2D eigenvalue weighted by Gasteiger charge is 2.46. The number of carbonyl (C=O) groups is 1. The number of nitrogens with zero attached hydrogens (tertiary/aromatic N) is 1. The monoisotopic (exact) mass is 274 g/mol. The van der Waals surface area contributed by atoms with Crippen molar-refractivity contribution in [2.45, 2.75) is 25.3 Å². The zero-order chi connectivity index (χ0) is 14.0. The lowest BCUT2D eigenvalue weighted by Gasteiger charge is -2.22. The lowest BCUT2D eigenvalue weighted by molar-refractivity contribution is -0.129. The molecule has 108 valence electrons. The Hall–Kier alpha value is -1.39. The van der Waals surface area contributed by atoms with E-state index in [0.717, 1.165) is 25.1 Å². The van der Waals surface area contributed by atoms with Crippen molar-refractivity contribution in [1.29, 1.82) is 0 Å². The molecule has 1 aliphatic heterocycles. The van der Waals surface area contributed by atoms with Gasteiger partial charge in [-0.3, -0.25) is 10.1 Å². The number of rotatable bonds is 6. The van der Waals surface area contributed by atoms with Crippen molar-refractivity contribution in [2.24, 2.45) is 5.41 Å². The number of methoxy groups -OCH3 is 1. The molecule has 0 spiro atoms. The Kier molecular flexibility index (Phi) is 3.76. The van der Waals surface area contributed by atoms with Crippen molar-refractivity contribution in [3.05, 3.63) is 35.9 Å². The molecule has 3 rings (SSSR count). The van der Waals surface area contributed by atoms with Gasteiger partial charge in [-0.05, 0) is 30.2 Å². The molecule has 0 aromatic heterocycles. The van der Waals surface area contributed by atoms with Crippen molar-refractivity contribution < 1.29 is 9.53 Å². The van der Waals surface area contributed by atoms with Gasteiger partial charge in [0.05, 0.1) is 6.67 Å². The molecule has 1 saturated carbocycles. The van der Waals surface area contributed by atoms with Gasteiger partial charge in [0, 0.05) is 20.3 Å². The summed E-state index contributed by atoms with van der Waals surface area (Å²) in [6.07, 6.45) is 3.50. The molecular formula is C16H22N2O2. The van der Waals surface area contributed by atoms with Gasteiger partial charge in [-0.25, -0.2) is 0 Å². The highest BCUT2D eigenvalue weighted by molar-refractivity contribution is 5.85. The average Bonchev–Trinajstić information content (AvgIpc) is 3.16. The highest BCUT2D eigenvalue weighted by Crippen LogP contribution is 2.49. The summed E-state index contributed by atoms with van der Waals surface area (Å²) in [5.74, 6) is 0.208. The Labute approximate surface area is 120 Å². The Morgan fingerprint density at radius 2 is 2.10 bits per heavy atom. The summed E-state index contributed by atoms with van der Waals surface area (Å²) in [4.78, 5) is 14.5. The van der Waals surface area contributed by atoms with Crippen LogP contribution in [0.3, 0.4) is 0 Å². The molecular weight excluding hydrogens is 252 g/mol. The highest BCUT2D eigenvalue weighted by atomic mass is 16.5. The van der Waals surface area contributed by atoms with Gasteiger partial charge in [-0.15, -0.1) is 0 Å². The second-order valence-electron chi connectivity index (χ2n) is 5.98. The second kappa shape index (κ2) is 5.54. The topological polar surface area (TPSA) is 41.6 Å². The van der Waals surface area contributed by atoms with Crippen molar-refractivity contribution in [1.82, 2.24) is 10.2 Å². The summed E-state index contributed by atoms with van der Waals surface area (Å²) in [7, 11) is 1.74. The van der Waals surface area contributed by atoms with Gasteiger partial charge in [0.15, 0.2) is 0 Å². The summed E-state index contributed by atoms with van der Waals surface area (Å²) in [5.41, 5.74) is 1.38. The van der Waals surface area contributed by atoms with Crippen molar-refractivity contribution in [3.8, 4) is 0 Å². The van der Waals surface area contributed by atoms with E-state index < -0.39 is 0 Å². The molecule has 1 aliphatic carbocycles. The quantitative estimate of drug-likeness (QED) is 0.862. The first-order valence-electron chi connectivity index (χ1n) is 7.30. The molecule has 4 heteroatoms. The molecule has 1 aromatic carbocycles. The Balaban J connectivity index is 1.62. The van der Waals surface area contributed by atoms with E-state index in [1.54, 1.807) is 7.11 Å². The second-order valence-corrected chi connectivity index (χ2v) is 5.98. The maximum absolute atomic E-state index is 12.5. The number of carbonyl (C=O) groups excluding carboxylic acids is 1. The minimum absolute atomic E-state index is 0.172. The number of nitrogens with one attached hydrogen (secondary N) is 1. The maximum atomic E-state index is 12.5. The van der Waals surface area contributed by atoms with Crippen LogP contribution < -0.4 is 5.32 Å². The van der Waals surface area contributed by atoms with E-state index >= 15 is 0 Å². The molecule has 0 bridgehead atoms. The van der Waals surface area contributed by atoms with Gasteiger partial charge in [-0.1, -0.05) is 30.3 Å². The van der Waals surface area contributed by atoms with Crippen LogP contribution in [0.4, 0.5) is 0 Å². The zero-order valence-corrected chi connectivity index (χ0v) is 12.0. The van der Waals surface area contributed by atoms with Crippen molar-refractivity contribution >= 4 is 5.91 Å².